The number of hydrogen-bond acceptors (Lipinski definition) is 3. The van der Waals surface area contributed by atoms with Crippen molar-refractivity contribution in [3.8, 4) is 0 Å². The summed E-state index contributed by atoms with van der Waals surface area (Å²) in [6.07, 6.45) is 1.93. The van der Waals surface area contributed by atoms with E-state index in [0.717, 1.165) is 31.5 Å². The van der Waals surface area contributed by atoms with Crippen LogP contribution in [0.2, 0.25) is 0 Å². The normalized spacial score (nSPS) is 18.4. The number of amides is 2. The van der Waals surface area contributed by atoms with Crippen LogP contribution in [0.5, 0.6) is 0 Å². The van der Waals surface area contributed by atoms with Gasteiger partial charge in [-0.1, -0.05) is 6.07 Å². The number of carbonyl (C=O) groups excluding carboxylic acids is 2. The predicted molar refractivity (Wildman–Crippen MR) is 78.8 cm³/mol. The number of hydrogen-bond donors (Lipinski definition) is 3. The van der Waals surface area contributed by atoms with Gasteiger partial charge >= 0.3 is 0 Å². The molecule has 1 aliphatic heterocycles. The van der Waals surface area contributed by atoms with Crippen molar-refractivity contribution in [3.05, 3.63) is 29.3 Å². The van der Waals surface area contributed by atoms with Gasteiger partial charge in [-0.05, 0) is 44.0 Å². The zero-order valence-electron chi connectivity index (χ0n) is 12.0. The maximum Gasteiger partial charge on any atom is 0.251 e. The Labute approximate surface area is 119 Å². The molecule has 5 nitrogen and oxygen atoms in total. The van der Waals surface area contributed by atoms with Crippen molar-refractivity contribution in [3.63, 3.8) is 0 Å². The Hall–Kier alpha value is -1.88. The fourth-order valence-electron chi connectivity index (χ4n) is 2.35. The van der Waals surface area contributed by atoms with E-state index in [-0.39, 0.29) is 17.7 Å². The first-order valence-electron chi connectivity index (χ1n) is 6.96. The molecule has 1 unspecified atom stereocenters. The van der Waals surface area contributed by atoms with E-state index in [2.05, 4.69) is 16.0 Å². The highest BCUT2D eigenvalue weighted by Crippen LogP contribution is 2.19. The van der Waals surface area contributed by atoms with E-state index in [1.54, 1.807) is 19.2 Å². The van der Waals surface area contributed by atoms with E-state index in [4.69, 9.17) is 0 Å². The third-order valence-corrected chi connectivity index (χ3v) is 3.65. The summed E-state index contributed by atoms with van der Waals surface area (Å²) in [7, 11) is 1.59. The minimum absolute atomic E-state index is 0.00630. The fourth-order valence-corrected chi connectivity index (χ4v) is 2.35. The number of nitrogens with one attached hydrogen (secondary N) is 3. The van der Waals surface area contributed by atoms with E-state index in [9.17, 15) is 9.59 Å². The Balaban J connectivity index is 2.11. The molecule has 3 N–H and O–H groups in total. The highest BCUT2D eigenvalue weighted by Gasteiger charge is 2.21. The quantitative estimate of drug-likeness (QED) is 0.778. The molecular formula is C15H21N3O2. The molecule has 1 aromatic rings. The van der Waals surface area contributed by atoms with Crippen LogP contribution in [-0.2, 0) is 4.79 Å². The second kappa shape index (κ2) is 6.52. The Morgan fingerprint density at radius 1 is 1.35 bits per heavy atom. The minimum Gasteiger partial charge on any atom is -0.355 e. The summed E-state index contributed by atoms with van der Waals surface area (Å²) in [5.41, 5.74) is 2.21. The van der Waals surface area contributed by atoms with Crippen molar-refractivity contribution in [2.24, 2.45) is 5.92 Å². The van der Waals surface area contributed by atoms with Crippen molar-refractivity contribution in [1.29, 1.82) is 0 Å². The van der Waals surface area contributed by atoms with Gasteiger partial charge in [0.15, 0.2) is 0 Å². The summed E-state index contributed by atoms with van der Waals surface area (Å²) in [6, 6.07) is 5.33. The van der Waals surface area contributed by atoms with Crippen LogP contribution in [0.15, 0.2) is 18.2 Å². The van der Waals surface area contributed by atoms with Gasteiger partial charge in [-0.15, -0.1) is 0 Å². The number of aryl methyl sites for hydroxylation is 1. The Bertz CT molecular complexity index is 508. The van der Waals surface area contributed by atoms with Gasteiger partial charge in [0.25, 0.3) is 5.91 Å². The largest absolute Gasteiger partial charge is 0.355 e. The molecule has 0 aliphatic carbocycles. The molecule has 20 heavy (non-hydrogen) atoms. The number of anilines is 1. The average Bonchev–Trinajstić information content (AvgIpc) is 2.49. The van der Waals surface area contributed by atoms with Crippen LogP contribution in [0, 0.1) is 12.8 Å². The lowest BCUT2D eigenvalue weighted by Gasteiger charge is -2.22. The van der Waals surface area contributed by atoms with E-state index in [1.807, 2.05) is 13.0 Å². The summed E-state index contributed by atoms with van der Waals surface area (Å²) >= 11 is 0. The molecule has 0 spiro atoms. The molecule has 2 rings (SSSR count). The van der Waals surface area contributed by atoms with Crippen LogP contribution < -0.4 is 16.0 Å². The molecule has 0 bridgehead atoms. The molecule has 2 amide bonds. The first-order valence-corrected chi connectivity index (χ1v) is 6.96. The second-order valence-corrected chi connectivity index (χ2v) is 5.14. The van der Waals surface area contributed by atoms with Crippen molar-refractivity contribution < 1.29 is 9.59 Å². The Kier molecular flexibility index (Phi) is 4.74. The summed E-state index contributed by atoms with van der Waals surface area (Å²) in [4.78, 5) is 23.8. The Morgan fingerprint density at radius 3 is 2.80 bits per heavy atom. The molecule has 1 aliphatic rings. The smallest absolute Gasteiger partial charge is 0.251 e. The monoisotopic (exact) mass is 275 g/mol. The lowest BCUT2D eigenvalue weighted by Crippen LogP contribution is -2.37. The molecule has 0 radical (unpaired) electrons. The van der Waals surface area contributed by atoms with Gasteiger partial charge in [-0.3, -0.25) is 9.59 Å². The zero-order chi connectivity index (χ0) is 14.5. The lowest BCUT2D eigenvalue weighted by atomic mass is 9.98. The summed E-state index contributed by atoms with van der Waals surface area (Å²) in [5, 5.41) is 8.75. The maximum absolute atomic E-state index is 12.2. The van der Waals surface area contributed by atoms with Crippen LogP contribution in [0.1, 0.15) is 28.8 Å². The third-order valence-electron chi connectivity index (χ3n) is 3.65. The maximum atomic E-state index is 12.2. The van der Waals surface area contributed by atoms with Gasteiger partial charge in [0.1, 0.15) is 0 Å². The Morgan fingerprint density at radius 2 is 2.15 bits per heavy atom. The van der Waals surface area contributed by atoms with Crippen molar-refractivity contribution in [2.45, 2.75) is 19.8 Å². The molecule has 1 saturated heterocycles. The molecule has 5 heteroatoms. The third kappa shape index (κ3) is 3.36. The van der Waals surface area contributed by atoms with Gasteiger partial charge in [-0.2, -0.15) is 0 Å². The molecule has 1 heterocycles. The van der Waals surface area contributed by atoms with Crippen molar-refractivity contribution in [2.75, 3.05) is 25.5 Å². The number of piperidine rings is 1. The number of rotatable bonds is 3. The lowest BCUT2D eigenvalue weighted by molar-refractivity contribution is -0.120. The van der Waals surface area contributed by atoms with E-state index in [1.165, 1.54) is 0 Å². The summed E-state index contributed by atoms with van der Waals surface area (Å²) in [5.74, 6) is -0.124. The van der Waals surface area contributed by atoms with Crippen LogP contribution in [0.3, 0.4) is 0 Å². The van der Waals surface area contributed by atoms with Crippen LogP contribution in [0.25, 0.3) is 0 Å². The van der Waals surface area contributed by atoms with Gasteiger partial charge in [0.2, 0.25) is 5.91 Å². The van der Waals surface area contributed by atoms with Gasteiger partial charge in [-0.25, -0.2) is 0 Å². The first kappa shape index (κ1) is 14.5. The SMILES string of the molecule is CNC(=O)c1ccc(C)c(NC(=O)C2CCCNC2)c1. The predicted octanol–water partition coefficient (Wildman–Crippen LogP) is 1.29. The van der Waals surface area contributed by atoms with Crippen molar-refractivity contribution in [1.82, 2.24) is 10.6 Å². The minimum atomic E-state index is -0.153. The molecule has 108 valence electrons. The average molecular weight is 275 g/mol. The summed E-state index contributed by atoms with van der Waals surface area (Å²) < 4.78 is 0. The molecular weight excluding hydrogens is 254 g/mol. The van der Waals surface area contributed by atoms with Gasteiger partial charge in [0, 0.05) is 24.8 Å². The van der Waals surface area contributed by atoms with Crippen LogP contribution in [0.4, 0.5) is 5.69 Å². The fraction of sp³-hybridized carbons (Fsp3) is 0.467. The highest BCUT2D eigenvalue weighted by molar-refractivity contribution is 5.98. The molecule has 1 fully saturated rings. The van der Waals surface area contributed by atoms with Crippen LogP contribution in [-0.4, -0.2) is 32.0 Å². The van der Waals surface area contributed by atoms with Crippen molar-refractivity contribution >= 4 is 17.5 Å². The topological polar surface area (TPSA) is 70.2 Å². The molecule has 0 aromatic heterocycles. The van der Waals surface area contributed by atoms with Gasteiger partial charge in [0.05, 0.1) is 5.92 Å². The van der Waals surface area contributed by atoms with Gasteiger partial charge < -0.3 is 16.0 Å². The van der Waals surface area contributed by atoms with E-state index in [0.29, 0.717) is 11.3 Å². The molecule has 0 saturated carbocycles. The molecule has 1 aromatic carbocycles. The first-order chi connectivity index (χ1) is 9.61. The standard InChI is InChI=1S/C15H21N3O2/c1-10-5-6-11(14(19)16-2)8-13(10)18-15(20)12-4-3-7-17-9-12/h5-6,8,12,17H,3-4,7,9H2,1-2H3,(H,16,19)(H,18,20). The van der Waals surface area contributed by atoms with E-state index < -0.39 is 0 Å². The number of carbonyl (C=O) groups is 2. The van der Waals surface area contributed by atoms with E-state index >= 15 is 0 Å². The number of benzene rings is 1. The molecule has 1 atom stereocenters. The zero-order valence-corrected chi connectivity index (χ0v) is 12.0. The van der Waals surface area contributed by atoms with Crippen LogP contribution >= 0.6 is 0 Å². The second-order valence-electron chi connectivity index (χ2n) is 5.14. The summed E-state index contributed by atoms with van der Waals surface area (Å²) in [6.45, 7) is 3.62. The highest BCUT2D eigenvalue weighted by atomic mass is 16.2.